The van der Waals surface area contributed by atoms with E-state index in [1.165, 1.54) is 23.5 Å². The third-order valence-electron chi connectivity index (χ3n) is 4.86. The summed E-state index contributed by atoms with van der Waals surface area (Å²) < 4.78 is 45.1. The monoisotopic (exact) mass is 425 g/mol. The van der Waals surface area contributed by atoms with E-state index in [-0.39, 0.29) is 23.2 Å². The van der Waals surface area contributed by atoms with Crippen LogP contribution >= 0.6 is 11.6 Å². The lowest BCUT2D eigenvalue weighted by Gasteiger charge is -2.32. The van der Waals surface area contributed by atoms with Crippen LogP contribution in [0.4, 0.5) is 4.39 Å². The number of benzene rings is 2. The van der Waals surface area contributed by atoms with Crippen LogP contribution in [0.15, 0.2) is 47.4 Å². The summed E-state index contributed by atoms with van der Waals surface area (Å²) in [6.45, 7) is 0.712. The Morgan fingerprint density at radius 1 is 1.25 bits per heavy atom. The molecule has 1 aliphatic rings. The number of hydrogen-bond donors (Lipinski definition) is 0. The van der Waals surface area contributed by atoms with Gasteiger partial charge in [-0.3, -0.25) is 4.79 Å². The van der Waals surface area contributed by atoms with E-state index in [1.54, 1.807) is 12.1 Å². The molecule has 150 valence electrons. The van der Waals surface area contributed by atoms with Crippen LogP contribution in [0.2, 0.25) is 5.02 Å². The first-order chi connectivity index (χ1) is 13.3. The van der Waals surface area contributed by atoms with Crippen LogP contribution in [-0.2, 0) is 26.0 Å². The van der Waals surface area contributed by atoms with Crippen LogP contribution in [0.25, 0.3) is 0 Å². The SMILES string of the molecule is COC(=O)Cc1cc(Cl)cc(C2CCCN(S(=O)(=O)c3ccc(F)cc3)C2)c1. The number of nitrogens with zero attached hydrogens (tertiary/aromatic N) is 1. The van der Waals surface area contributed by atoms with E-state index in [1.807, 2.05) is 6.07 Å². The Balaban J connectivity index is 1.83. The highest BCUT2D eigenvalue weighted by Crippen LogP contribution is 2.32. The van der Waals surface area contributed by atoms with Gasteiger partial charge in [0, 0.05) is 18.1 Å². The van der Waals surface area contributed by atoms with Gasteiger partial charge >= 0.3 is 5.97 Å². The van der Waals surface area contributed by atoms with Crippen molar-refractivity contribution in [1.82, 2.24) is 4.31 Å². The summed E-state index contributed by atoms with van der Waals surface area (Å²) in [4.78, 5) is 11.6. The van der Waals surface area contributed by atoms with Crippen molar-refractivity contribution in [2.75, 3.05) is 20.2 Å². The molecule has 1 aliphatic heterocycles. The molecule has 0 spiro atoms. The maximum Gasteiger partial charge on any atom is 0.309 e. The number of ether oxygens (including phenoxy) is 1. The van der Waals surface area contributed by atoms with Crippen molar-refractivity contribution in [2.24, 2.45) is 0 Å². The van der Waals surface area contributed by atoms with E-state index in [0.29, 0.717) is 24.5 Å². The Morgan fingerprint density at radius 2 is 1.96 bits per heavy atom. The maximum absolute atomic E-state index is 13.1. The zero-order valence-electron chi connectivity index (χ0n) is 15.4. The van der Waals surface area contributed by atoms with Crippen molar-refractivity contribution in [3.63, 3.8) is 0 Å². The van der Waals surface area contributed by atoms with E-state index in [0.717, 1.165) is 29.7 Å². The van der Waals surface area contributed by atoms with Gasteiger partial charge in [-0.05, 0) is 66.3 Å². The molecule has 1 saturated heterocycles. The average molecular weight is 426 g/mol. The number of sulfonamides is 1. The highest BCUT2D eigenvalue weighted by atomic mass is 35.5. The number of rotatable bonds is 5. The number of piperidine rings is 1. The molecule has 0 aliphatic carbocycles. The quantitative estimate of drug-likeness (QED) is 0.684. The van der Waals surface area contributed by atoms with Gasteiger partial charge in [-0.15, -0.1) is 0 Å². The van der Waals surface area contributed by atoms with Crippen LogP contribution in [-0.4, -0.2) is 38.9 Å². The fourth-order valence-electron chi connectivity index (χ4n) is 3.44. The van der Waals surface area contributed by atoms with Crippen molar-refractivity contribution >= 4 is 27.6 Å². The molecule has 1 heterocycles. The molecule has 1 unspecified atom stereocenters. The first-order valence-electron chi connectivity index (χ1n) is 8.91. The number of halogens is 2. The lowest BCUT2D eigenvalue weighted by molar-refractivity contribution is -0.139. The topological polar surface area (TPSA) is 63.7 Å². The molecule has 2 aromatic carbocycles. The van der Waals surface area contributed by atoms with E-state index in [4.69, 9.17) is 16.3 Å². The molecule has 0 bridgehead atoms. The molecule has 0 aromatic heterocycles. The van der Waals surface area contributed by atoms with Crippen molar-refractivity contribution in [3.05, 3.63) is 64.4 Å². The van der Waals surface area contributed by atoms with E-state index < -0.39 is 15.8 Å². The highest BCUT2D eigenvalue weighted by Gasteiger charge is 2.31. The van der Waals surface area contributed by atoms with Gasteiger partial charge in [0.05, 0.1) is 18.4 Å². The summed E-state index contributed by atoms with van der Waals surface area (Å²) in [5, 5.41) is 0.495. The third kappa shape index (κ3) is 4.71. The molecule has 28 heavy (non-hydrogen) atoms. The Morgan fingerprint density at radius 3 is 2.64 bits per heavy atom. The predicted molar refractivity (Wildman–Crippen MR) is 104 cm³/mol. The number of carbonyl (C=O) groups is 1. The molecular formula is C20H21ClFNO4S. The summed E-state index contributed by atoms with van der Waals surface area (Å²) in [5.41, 5.74) is 1.62. The smallest absolute Gasteiger partial charge is 0.309 e. The molecule has 3 rings (SSSR count). The zero-order chi connectivity index (χ0) is 20.3. The molecule has 0 N–H and O–H groups in total. The Hall–Kier alpha value is -1.96. The van der Waals surface area contributed by atoms with Crippen LogP contribution < -0.4 is 0 Å². The number of esters is 1. The van der Waals surface area contributed by atoms with Gasteiger partial charge in [0.25, 0.3) is 0 Å². The maximum atomic E-state index is 13.1. The molecule has 1 fully saturated rings. The summed E-state index contributed by atoms with van der Waals surface area (Å²) in [7, 11) is -2.38. The predicted octanol–water partition coefficient (Wildman–Crippen LogP) is 3.76. The van der Waals surface area contributed by atoms with Gasteiger partial charge in [0.15, 0.2) is 0 Å². The third-order valence-corrected chi connectivity index (χ3v) is 6.96. The van der Waals surface area contributed by atoms with Gasteiger partial charge in [-0.25, -0.2) is 12.8 Å². The number of carbonyl (C=O) groups excluding carboxylic acids is 1. The second-order valence-corrected chi connectivity index (χ2v) is 9.18. The molecule has 0 amide bonds. The number of methoxy groups -OCH3 is 1. The Labute approximate surface area is 169 Å². The largest absolute Gasteiger partial charge is 0.469 e. The second kappa shape index (κ2) is 8.59. The Kier molecular flexibility index (Phi) is 6.37. The number of hydrogen-bond acceptors (Lipinski definition) is 4. The van der Waals surface area contributed by atoms with Crippen molar-refractivity contribution in [3.8, 4) is 0 Å². The van der Waals surface area contributed by atoms with E-state index in [9.17, 15) is 17.6 Å². The minimum Gasteiger partial charge on any atom is -0.469 e. The standard InChI is InChI=1S/C20H21ClFNO4S/c1-27-20(24)11-14-9-16(12-17(21)10-14)15-3-2-8-23(13-15)28(25,26)19-6-4-18(22)5-7-19/h4-7,9-10,12,15H,2-3,8,11,13H2,1H3. The molecule has 0 radical (unpaired) electrons. The second-order valence-electron chi connectivity index (χ2n) is 6.80. The molecule has 2 aromatic rings. The van der Waals surface area contributed by atoms with Gasteiger partial charge in [0.1, 0.15) is 5.82 Å². The first kappa shape index (κ1) is 20.8. The molecule has 8 heteroatoms. The average Bonchev–Trinajstić information content (AvgIpc) is 2.68. The summed E-state index contributed by atoms with van der Waals surface area (Å²) >= 11 is 6.21. The lowest BCUT2D eigenvalue weighted by atomic mass is 9.90. The van der Waals surface area contributed by atoms with Gasteiger partial charge in [0.2, 0.25) is 10.0 Å². The van der Waals surface area contributed by atoms with E-state index in [2.05, 4.69) is 0 Å². The van der Waals surface area contributed by atoms with Crippen molar-refractivity contribution in [1.29, 1.82) is 0 Å². The van der Waals surface area contributed by atoms with Crippen LogP contribution in [0.5, 0.6) is 0 Å². The molecule has 1 atom stereocenters. The first-order valence-corrected chi connectivity index (χ1v) is 10.7. The van der Waals surface area contributed by atoms with Crippen molar-refractivity contribution in [2.45, 2.75) is 30.1 Å². The van der Waals surface area contributed by atoms with Crippen LogP contribution in [0.1, 0.15) is 29.9 Å². The van der Waals surface area contributed by atoms with Crippen LogP contribution in [0, 0.1) is 5.82 Å². The highest BCUT2D eigenvalue weighted by molar-refractivity contribution is 7.89. The zero-order valence-corrected chi connectivity index (χ0v) is 17.0. The molecular weight excluding hydrogens is 405 g/mol. The Bertz CT molecular complexity index is 963. The molecule has 5 nitrogen and oxygen atoms in total. The lowest BCUT2D eigenvalue weighted by Crippen LogP contribution is -2.39. The normalized spacial score (nSPS) is 18.0. The van der Waals surface area contributed by atoms with E-state index >= 15 is 0 Å². The van der Waals surface area contributed by atoms with Crippen LogP contribution in [0.3, 0.4) is 0 Å². The van der Waals surface area contributed by atoms with Gasteiger partial charge in [-0.1, -0.05) is 17.7 Å². The van der Waals surface area contributed by atoms with Crippen molar-refractivity contribution < 1.29 is 22.3 Å². The molecule has 0 saturated carbocycles. The summed E-state index contributed by atoms with van der Waals surface area (Å²) in [5.74, 6) is -0.885. The summed E-state index contributed by atoms with van der Waals surface area (Å²) in [6.07, 6.45) is 1.62. The summed E-state index contributed by atoms with van der Waals surface area (Å²) in [6, 6.07) is 10.2. The minimum atomic E-state index is -3.70. The van der Waals surface area contributed by atoms with Gasteiger partial charge < -0.3 is 4.74 Å². The fourth-order valence-corrected chi connectivity index (χ4v) is 5.23. The van der Waals surface area contributed by atoms with Gasteiger partial charge in [-0.2, -0.15) is 4.31 Å². The fraction of sp³-hybridized carbons (Fsp3) is 0.350. The minimum absolute atomic E-state index is 0.0425.